The van der Waals surface area contributed by atoms with Gasteiger partial charge < -0.3 is 9.64 Å². The average molecular weight is 357 g/mol. The summed E-state index contributed by atoms with van der Waals surface area (Å²) in [5.41, 5.74) is 0.937. The van der Waals surface area contributed by atoms with Crippen LogP contribution in [0.1, 0.15) is 24.8 Å². The van der Waals surface area contributed by atoms with Crippen molar-refractivity contribution in [3.05, 3.63) is 35.9 Å². The molecule has 0 aliphatic carbocycles. The highest BCUT2D eigenvalue weighted by molar-refractivity contribution is 5.76. The molecule has 3 saturated heterocycles. The van der Waals surface area contributed by atoms with Crippen LogP contribution < -0.4 is 0 Å². The monoisotopic (exact) mass is 357 g/mol. The summed E-state index contributed by atoms with van der Waals surface area (Å²) in [4.78, 5) is 30.5. The van der Waals surface area contributed by atoms with Gasteiger partial charge in [0.05, 0.1) is 5.54 Å². The molecule has 0 radical (unpaired) electrons. The van der Waals surface area contributed by atoms with Gasteiger partial charge in [0.15, 0.2) is 0 Å². The number of nitrogens with zero attached hydrogens (tertiary/aromatic N) is 3. The van der Waals surface area contributed by atoms with E-state index in [-0.39, 0.29) is 17.5 Å². The van der Waals surface area contributed by atoms with Crippen LogP contribution in [-0.4, -0.2) is 78.1 Å². The molecule has 1 aromatic carbocycles. The zero-order valence-electron chi connectivity index (χ0n) is 15.4. The molecule has 3 aliphatic rings. The molecule has 2 atom stereocenters. The van der Waals surface area contributed by atoms with Crippen molar-refractivity contribution < 1.29 is 14.3 Å². The molecule has 2 unspecified atom stereocenters. The smallest absolute Gasteiger partial charge is 0.410 e. The van der Waals surface area contributed by atoms with E-state index in [9.17, 15) is 9.59 Å². The first-order valence-corrected chi connectivity index (χ1v) is 9.54. The molecule has 0 aromatic heterocycles. The number of hydrogen-bond acceptors (Lipinski definition) is 4. The first kappa shape index (κ1) is 17.3. The second kappa shape index (κ2) is 6.91. The summed E-state index contributed by atoms with van der Waals surface area (Å²) >= 11 is 0. The van der Waals surface area contributed by atoms with Crippen LogP contribution in [0.5, 0.6) is 0 Å². The number of hydrogen-bond donors (Lipinski definition) is 0. The number of rotatable bonds is 3. The molecule has 26 heavy (non-hydrogen) atoms. The van der Waals surface area contributed by atoms with Gasteiger partial charge in [-0.2, -0.15) is 0 Å². The largest absolute Gasteiger partial charge is 0.447 e. The topological polar surface area (TPSA) is 53.1 Å². The Morgan fingerprint density at radius 2 is 1.92 bits per heavy atom. The Kier molecular flexibility index (Phi) is 4.61. The Morgan fingerprint density at radius 1 is 1.12 bits per heavy atom. The van der Waals surface area contributed by atoms with E-state index < -0.39 is 0 Å². The Labute approximate surface area is 154 Å². The first-order chi connectivity index (χ1) is 12.6. The fourth-order valence-corrected chi connectivity index (χ4v) is 4.64. The van der Waals surface area contributed by atoms with Crippen molar-refractivity contribution in [3.8, 4) is 0 Å². The number of amides is 2. The van der Waals surface area contributed by atoms with E-state index in [1.807, 2.05) is 35.0 Å². The van der Waals surface area contributed by atoms with E-state index in [0.29, 0.717) is 25.6 Å². The lowest BCUT2D eigenvalue weighted by Gasteiger charge is -2.47. The maximum atomic E-state index is 12.3. The van der Waals surface area contributed by atoms with Crippen LogP contribution >= 0.6 is 0 Å². The van der Waals surface area contributed by atoms with Gasteiger partial charge in [-0.1, -0.05) is 30.3 Å². The normalized spacial score (nSPS) is 30.1. The molecule has 0 bridgehead atoms. The Hall–Kier alpha value is -2.08. The minimum atomic E-state index is -0.293. The third-order valence-electron chi connectivity index (χ3n) is 6.17. The molecule has 140 valence electrons. The molecule has 1 aromatic rings. The fourth-order valence-electron chi connectivity index (χ4n) is 4.64. The lowest BCUT2D eigenvalue weighted by atomic mass is 9.87. The number of likely N-dealkylation sites (tertiary alicyclic amines) is 1. The van der Waals surface area contributed by atoms with Crippen LogP contribution in [0.4, 0.5) is 4.79 Å². The van der Waals surface area contributed by atoms with Crippen LogP contribution in [-0.2, 0) is 16.0 Å². The zero-order chi connectivity index (χ0) is 18.1. The Bertz CT molecular complexity index is 680. The Morgan fingerprint density at radius 3 is 2.73 bits per heavy atom. The van der Waals surface area contributed by atoms with Crippen molar-refractivity contribution in [1.29, 1.82) is 0 Å². The molecule has 0 saturated carbocycles. The lowest BCUT2D eigenvalue weighted by Crippen LogP contribution is -2.64. The molecule has 3 aliphatic heterocycles. The van der Waals surface area contributed by atoms with E-state index in [2.05, 4.69) is 17.0 Å². The fraction of sp³-hybridized carbons (Fsp3) is 0.600. The number of cyclic esters (lactones) is 1. The second-order valence-corrected chi connectivity index (χ2v) is 7.86. The van der Waals surface area contributed by atoms with E-state index in [1.165, 1.54) is 5.56 Å². The predicted octanol–water partition coefficient (Wildman–Crippen LogP) is 1.75. The van der Waals surface area contributed by atoms with Crippen molar-refractivity contribution in [3.63, 3.8) is 0 Å². The molecular weight excluding hydrogens is 330 g/mol. The van der Waals surface area contributed by atoms with Crippen molar-refractivity contribution >= 4 is 12.0 Å². The molecule has 0 spiro atoms. The number of benzene rings is 1. The summed E-state index contributed by atoms with van der Waals surface area (Å²) in [5, 5.41) is 0. The lowest BCUT2D eigenvalue weighted by molar-refractivity contribution is -0.129. The quantitative estimate of drug-likeness (QED) is 0.827. The highest BCUT2D eigenvalue weighted by Crippen LogP contribution is 2.34. The molecule has 3 heterocycles. The van der Waals surface area contributed by atoms with E-state index in [1.54, 1.807) is 0 Å². The molecule has 0 N–H and O–H groups in total. The molecule has 6 heteroatoms. The SMILES string of the molecule is CN1CCC(N2CCN3C(=O)OCC3(Cc3ccccc3)C2)CCC1=O. The van der Waals surface area contributed by atoms with Crippen molar-refractivity contribution in [2.75, 3.05) is 39.8 Å². The van der Waals surface area contributed by atoms with Crippen LogP contribution in [0.15, 0.2) is 30.3 Å². The molecule has 2 amide bonds. The van der Waals surface area contributed by atoms with Gasteiger partial charge in [-0.15, -0.1) is 0 Å². The number of piperazine rings is 1. The number of carbonyl (C=O) groups excluding carboxylic acids is 2. The van der Waals surface area contributed by atoms with Crippen LogP contribution in [0, 0.1) is 0 Å². The van der Waals surface area contributed by atoms with Crippen LogP contribution in [0.2, 0.25) is 0 Å². The van der Waals surface area contributed by atoms with Gasteiger partial charge in [-0.25, -0.2) is 4.79 Å². The number of carbonyl (C=O) groups is 2. The standard InChI is InChI=1S/C20H27N3O3/c1-21-10-9-17(7-8-18(21)24)22-11-12-23-19(25)26-15-20(23,14-22)13-16-5-3-2-4-6-16/h2-6,17H,7-15H2,1H3. The van der Waals surface area contributed by atoms with Gasteiger partial charge >= 0.3 is 6.09 Å². The third-order valence-corrected chi connectivity index (χ3v) is 6.17. The maximum absolute atomic E-state index is 12.3. The molecule has 4 rings (SSSR count). The zero-order valence-corrected chi connectivity index (χ0v) is 15.4. The third kappa shape index (κ3) is 3.18. The summed E-state index contributed by atoms with van der Waals surface area (Å²) in [6, 6.07) is 10.7. The van der Waals surface area contributed by atoms with E-state index >= 15 is 0 Å². The van der Waals surface area contributed by atoms with Gasteiger partial charge in [0.2, 0.25) is 5.91 Å². The van der Waals surface area contributed by atoms with Crippen molar-refractivity contribution in [1.82, 2.24) is 14.7 Å². The average Bonchev–Trinajstić information content (AvgIpc) is 2.87. The molecule has 3 fully saturated rings. The summed E-state index contributed by atoms with van der Waals surface area (Å²) in [5.74, 6) is 0.240. The summed E-state index contributed by atoms with van der Waals surface area (Å²) < 4.78 is 5.47. The maximum Gasteiger partial charge on any atom is 0.410 e. The minimum absolute atomic E-state index is 0.184. The van der Waals surface area contributed by atoms with Crippen LogP contribution in [0.3, 0.4) is 0 Å². The van der Waals surface area contributed by atoms with E-state index in [0.717, 1.165) is 38.9 Å². The summed E-state index contributed by atoms with van der Waals surface area (Å²) in [6.45, 7) is 3.63. The van der Waals surface area contributed by atoms with Gasteiger partial charge in [-0.05, 0) is 18.4 Å². The highest BCUT2D eigenvalue weighted by atomic mass is 16.6. The van der Waals surface area contributed by atoms with Gasteiger partial charge in [0.25, 0.3) is 0 Å². The summed E-state index contributed by atoms with van der Waals surface area (Å²) in [7, 11) is 1.89. The minimum Gasteiger partial charge on any atom is -0.447 e. The van der Waals surface area contributed by atoms with Gasteiger partial charge in [0, 0.05) is 52.1 Å². The summed E-state index contributed by atoms with van der Waals surface area (Å²) in [6.07, 6.45) is 3.14. The first-order valence-electron chi connectivity index (χ1n) is 9.54. The second-order valence-electron chi connectivity index (χ2n) is 7.86. The van der Waals surface area contributed by atoms with Crippen LogP contribution in [0.25, 0.3) is 0 Å². The van der Waals surface area contributed by atoms with E-state index in [4.69, 9.17) is 4.74 Å². The number of fused-ring (bicyclic) bond motifs is 1. The molecule has 6 nitrogen and oxygen atoms in total. The number of ether oxygens (including phenoxy) is 1. The predicted molar refractivity (Wildman–Crippen MR) is 97.8 cm³/mol. The van der Waals surface area contributed by atoms with Crippen molar-refractivity contribution in [2.45, 2.75) is 37.3 Å². The Balaban J connectivity index is 1.53. The van der Waals surface area contributed by atoms with Gasteiger partial charge in [0.1, 0.15) is 6.61 Å². The molecular formula is C20H27N3O3. The van der Waals surface area contributed by atoms with Crippen molar-refractivity contribution in [2.24, 2.45) is 0 Å². The van der Waals surface area contributed by atoms with Gasteiger partial charge in [-0.3, -0.25) is 14.6 Å². The highest BCUT2D eigenvalue weighted by Gasteiger charge is 2.51.